The van der Waals surface area contributed by atoms with Crippen molar-refractivity contribution in [3.63, 3.8) is 0 Å². The van der Waals surface area contributed by atoms with Crippen LogP contribution in [0, 0.1) is 0 Å². The molecule has 3 N–H and O–H groups in total. The van der Waals surface area contributed by atoms with E-state index in [0.29, 0.717) is 0 Å². The van der Waals surface area contributed by atoms with Gasteiger partial charge in [0.15, 0.2) is 0 Å². The Bertz CT molecular complexity index is 716. The van der Waals surface area contributed by atoms with Crippen LogP contribution in [0.4, 0.5) is 0 Å². The maximum Gasteiger partial charge on any atom is 0.243 e. The van der Waals surface area contributed by atoms with Gasteiger partial charge in [-0.1, -0.05) is 6.92 Å². The van der Waals surface area contributed by atoms with Gasteiger partial charge in [-0.05, 0) is 27.4 Å². The van der Waals surface area contributed by atoms with Crippen molar-refractivity contribution < 1.29 is 21.6 Å². The first-order valence-electron chi connectivity index (χ1n) is 6.93. The molecular formula is C12H22N4O5S2. The first-order valence-corrected chi connectivity index (χ1v) is 9.90. The lowest BCUT2D eigenvalue weighted by Gasteiger charge is -2.11. The summed E-state index contributed by atoms with van der Waals surface area (Å²) in [7, 11) is -5.62. The molecule has 0 spiro atoms. The summed E-state index contributed by atoms with van der Waals surface area (Å²) in [4.78, 5) is 11.1. The van der Waals surface area contributed by atoms with E-state index in [9.17, 15) is 21.6 Å². The number of sulfonamides is 2. The third kappa shape index (κ3) is 4.77. The van der Waals surface area contributed by atoms with Crippen molar-refractivity contribution in [3.8, 4) is 0 Å². The summed E-state index contributed by atoms with van der Waals surface area (Å²) in [6.45, 7) is 3.56. The molecule has 1 aromatic heterocycles. The molecule has 9 nitrogen and oxygen atoms in total. The van der Waals surface area contributed by atoms with Crippen molar-refractivity contribution in [3.05, 3.63) is 12.4 Å². The number of amides is 1. The lowest BCUT2D eigenvalue weighted by Crippen LogP contribution is -2.34. The smallest absolute Gasteiger partial charge is 0.243 e. The number of rotatable bonds is 8. The fourth-order valence-corrected chi connectivity index (χ4v) is 4.05. The monoisotopic (exact) mass is 366 g/mol. The van der Waals surface area contributed by atoms with E-state index in [1.54, 1.807) is 0 Å². The number of hydrogen-bond acceptors (Lipinski definition) is 5. The minimum Gasteiger partial charge on any atom is -0.352 e. The van der Waals surface area contributed by atoms with E-state index < -0.39 is 29.8 Å². The number of carbonyl (C=O) groups excluding carboxylic acids is 1. The minimum absolute atomic E-state index is 0.0286. The van der Waals surface area contributed by atoms with Gasteiger partial charge in [0, 0.05) is 18.4 Å². The van der Waals surface area contributed by atoms with E-state index in [-0.39, 0.29) is 18.5 Å². The van der Waals surface area contributed by atoms with E-state index in [4.69, 9.17) is 0 Å². The summed E-state index contributed by atoms with van der Waals surface area (Å²) in [5, 5.41) is 2.72. The second-order valence-electron chi connectivity index (χ2n) is 4.95. The van der Waals surface area contributed by atoms with Gasteiger partial charge in [0.1, 0.15) is 16.3 Å². The number of nitrogens with zero attached hydrogens (tertiary/aromatic N) is 1. The molecule has 23 heavy (non-hydrogen) atoms. The van der Waals surface area contributed by atoms with Crippen molar-refractivity contribution in [1.82, 2.24) is 19.3 Å². The molecule has 0 fully saturated rings. The molecule has 0 aliphatic rings. The third-order valence-corrected chi connectivity index (χ3v) is 6.28. The van der Waals surface area contributed by atoms with Gasteiger partial charge in [-0.25, -0.2) is 26.3 Å². The molecule has 0 saturated heterocycles. The molecule has 0 radical (unpaired) electrons. The molecule has 0 aromatic carbocycles. The highest BCUT2D eigenvalue weighted by Gasteiger charge is 2.27. The number of aromatic nitrogens is 1. The summed E-state index contributed by atoms with van der Waals surface area (Å²) in [6.07, 6.45) is 2.98. The van der Waals surface area contributed by atoms with Gasteiger partial charge >= 0.3 is 0 Å². The molecule has 1 atom stereocenters. The van der Waals surface area contributed by atoms with Crippen LogP contribution in [0.15, 0.2) is 22.2 Å². The van der Waals surface area contributed by atoms with Gasteiger partial charge in [0.05, 0.1) is 0 Å². The lowest BCUT2D eigenvalue weighted by molar-refractivity contribution is -0.122. The van der Waals surface area contributed by atoms with Crippen molar-refractivity contribution in [1.29, 1.82) is 0 Å². The Hall–Kier alpha value is -1.43. The molecule has 11 heteroatoms. The highest BCUT2D eigenvalue weighted by molar-refractivity contribution is 7.92. The fraction of sp³-hybridized carbons (Fsp3) is 0.583. The Morgan fingerprint density at radius 1 is 1.09 bits per heavy atom. The van der Waals surface area contributed by atoms with Gasteiger partial charge in [-0.2, -0.15) is 0 Å². The normalized spacial score (nSPS) is 13.7. The van der Waals surface area contributed by atoms with Crippen LogP contribution in [-0.2, 0) is 31.4 Å². The van der Waals surface area contributed by atoms with Crippen LogP contribution in [0.25, 0.3) is 0 Å². The van der Waals surface area contributed by atoms with Crippen LogP contribution in [0.3, 0.4) is 0 Å². The summed E-state index contributed by atoms with van der Waals surface area (Å²) >= 11 is 0. The Morgan fingerprint density at radius 3 is 1.87 bits per heavy atom. The summed E-state index contributed by atoms with van der Waals surface area (Å²) in [6, 6.07) is -0.0286. The molecular weight excluding hydrogens is 344 g/mol. The Balaban J connectivity index is 3.24. The maximum atomic E-state index is 12.0. The van der Waals surface area contributed by atoms with Gasteiger partial charge < -0.3 is 9.88 Å². The first kappa shape index (κ1) is 19.6. The molecule has 0 aliphatic heterocycles. The van der Waals surface area contributed by atoms with Crippen molar-refractivity contribution in [2.24, 2.45) is 0 Å². The van der Waals surface area contributed by atoms with Gasteiger partial charge in [0.2, 0.25) is 26.0 Å². The maximum absolute atomic E-state index is 12.0. The standard InChI is InChI=1S/C12H22N4O5S2/c1-5-9(2)15-12(17)8-16-6-10(22(18,19)13-3)11(7-16)23(20,21)14-4/h6-7,9,13-14H,5,8H2,1-4H3,(H,15,17). The van der Waals surface area contributed by atoms with Gasteiger partial charge in [0.25, 0.3) is 0 Å². The number of hydrogen-bond donors (Lipinski definition) is 3. The molecule has 1 aromatic rings. The molecule has 0 bridgehead atoms. The highest BCUT2D eigenvalue weighted by Crippen LogP contribution is 2.21. The Kier molecular flexibility index (Phi) is 6.33. The molecule has 1 heterocycles. The second kappa shape index (κ2) is 7.43. The molecule has 1 rings (SSSR count). The van der Waals surface area contributed by atoms with E-state index in [2.05, 4.69) is 14.8 Å². The molecule has 0 saturated carbocycles. The predicted molar refractivity (Wildman–Crippen MR) is 84.8 cm³/mol. The summed E-state index contributed by atoms with van der Waals surface area (Å²) in [5.41, 5.74) is 0. The number of nitrogens with one attached hydrogen (secondary N) is 3. The van der Waals surface area contributed by atoms with Crippen LogP contribution in [0.5, 0.6) is 0 Å². The van der Waals surface area contributed by atoms with Gasteiger partial charge in [-0.15, -0.1) is 0 Å². The summed E-state index contributed by atoms with van der Waals surface area (Å²) < 4.78 is 53.3. The molecule has 0 aliphatic carbocycles. The minimum atomic E-state index is -3.99. The average molecular weight is 366 g/mol. The Morgan fingerprint density at radius 2 is 1.52 bits per heavy atom. The van der Waals surface area contributed by atoms with Crippen molar-refractivity contribution in [2.45, 2.75) is 42.6 Å². The van der Waals surface area contributed by atoms with Gasteiger partial charge in [-0.3, -0.25) is 4.79 Å². The van der Waals surface area contributed by atoms with Crippen LogP contribution < -0.4 is 14.8 Å². The van der Waals surface area contributed by atoms with Crippen molar-refractivity contribution in [2.75, 3.05) is 14.1 Å². The summed E-state index contributed by atoms with van der Waals surface area (Å²) in [5.74, 6) is -0.337. The first-order chi connectivity index (χ1) is 10.6. The topological polar surface area (TPSA) is 126 Å². The molecule has 1 amide bonds. The molecule has 132 valence electrons. The largest absolute Gasteiger partial charge is 0.352 e. The number of carbonyl (C=O) groups is 1. The zero-order valence-electron chi connectivity index (χ0n) is 13.5. The SMILES string of the molecule is CCC(C)NC(=O)Cn1cc(S(=O)(=O)NC)c(S(=O)(=O)NC)c1. The second-order valence-corrected chi connectivity index (χ2v) is 8.66. The van der Waals surface area contributed by atoms with E-state index in [1.165, 1.54) is 18.7 Å². The molecule has 1 unspecified atom stereocenters. The van der Waals surface area contributed by atoms with Crippen LogP contribution >= 0.6 is 0 Å². The lowest BCUT2D eigenvalue weighted by atomic mass is 10.2. The van der Waals surface area contributed by atoms with Crippen LogP contribution in [0.1, 0.15) is 20.3 Å². The Labute approximate surface area is 136 Å². The van der Waals surface area contributed by atoms with E-state index in [1.807, 2.05) is 13.8 Å². The fourth-order valence-electron chi connectivity index (χ4n) is 1.77. The van der Waals surface area contributed by atoms with E-state index in [0.717, 1.165) is 18.8 Å². The zero-order valence-corrected chi connectivity index (χ0v) is 15.1. The van der Waals surface area contributed by atoms with Crippen molar-refractivity contribution >= 4 is 26.0 Å². The zero-order chi connectivity index (χ0) is 17.8. The van der Waals surface area contributed by atoms with Crippen LogP contribution in [0.2, 0.25) is 0 Å². The highest BCUT2D eigenvalue weighted by atomic mass is 32.2. The quantitative estimate of drug-likeness (QED) is 0.556. The average Bonchev–Trinajstić information content (AvgIpc) is 2.92. The predicted octanol–water partition coefficient (Wildman–Crippen LogP) is -0.781. The van der Waals surface area contributed by atoms with Crippen LogP contribution in [-0.4, -0.2) is 47.4 Å². The van der Waals surface area contributed by atoms with E-state index >= 15 is 0 Å². The third-order valence-electron chi connectivity index (χ3n) is 3.27.